The van der Waals surface area contributed by atoms with Crippen LogP contribution in [0.5, 0.6) is 23.0 Å². The second-order valence-electron chi connectivity index (χ2n) is 9.94. The van der Waals surface area contributed by atoms with E-state index in [9.17, 15) is 9.59 Å². The Morgan fingerprint density at radius 1 is 0.634 bits per heavy atom. The summed E-state index contributed by atoms with van der Waals surface area (Å²) in [4.78, 5) is 24.0. The van der Waals surface area contributed by atoms with Gasteiger partial charge in [-0.15, -0.1) is 0 Å². The normalized spacial score (nSPS) is 12.3. The molecule has 4 aromatic rings. The second-order valence-corrected chi connectivity index (χ2v) is 9.94. The third-order valence-electron chi connectivity index (χ3n) is 6.11. The highest BCUT2D eigenvalue weighted by Gasteiger charge is 2.20. The number of ether oxygens (including phenoxy) is 5. The Labute approximate surface area is 239 Å². The maximum atomic E-state index is 12.0. The molecule has 4 aromatic carbocycles. The van der Waals surface area contributed by atoms with Crippen LogP contribution in [0.25, 0.3) is 21.5 Å². The van der Waals surface area contributed by atoms with Crippen molar-refractivity contribution in [2.45, 2.75) is 39.9 Å². The van der Waals surface area contributed by atoms with E-state index in [-0.39, 0.29) is 13.2 Å². The van der Waals surface area contributed by atoms with Crippen LogP contribution >= 0.6 is 0 Å². The zero-order valence-corrected chi connectivity index (χ0v) is 23.8. The van der Waals surface area contributed by atoms with Gasteiger partial charge in [0, 0.05) is 32.7 Å². The maximum Gasteiger partial charge on any atom is 0.333 e. The van der Waals surface area contributed by atoms with Crippen molar-refractivity contribution in [1.29, 1.82) is 0 Å². The van der Waals surface area contributed by atoms with Crippen molar-refractivity contribution in [3.8, 4) is 23.0 Å². The van der Waals surface area contributed by atoms with Crippen LogP contribution < -0.4 is 14.2 Å². The number of para-hydroxylation sites is 1. The molecule has 0 spiro atoms. The van der Waals surface area contributed by atoms with Crippen LogP contribution in [0.1, 0.15) is 27.7 Å². The molecule has 0 aromatic heterocycles. The summed E-state index contributed by atoms with van der Waals surface area (Å²) in [5.41, 5.74) is 0.642. The van der Waals surface area contributed by atoms with Gasteiger partial charge in [-0.25, -0.2) is 9.59 Å². The molecule has 2 unspecified atom stereocenters. The molecule has 0 amide bonds. The molecule has 0 radical (unpaired) electrons. The Morgan fingerprint density at radius 3 is 1.61 bits per heavy atom. The maximum absolute atomic E-state index is 12.0. The van der Waals surface area contributed by atoms with Crippen molar-refractivity contribution in [1.82, 2.24) is 0 Å². The molecule has 212 valence electrons. The molecule has 0 fully saturated rings. The largest absolute Gasteiger partial charge is 0.488 e. The van der Waals surface area contributed by atoms with Crippen molar-refractivity contribution >= 4 is 33.5 Å². The van der Waals surface area contributed by atoms with Crippen LogP contribution in [0.2, 0.25) is 0 Å². The van der Waals surface area contributed by atoms with E-state index >= 15 is 0 Å². The lowest BCUT2D eigenvalue weighted by molar-refractivity contribution is -0.145. The number of fused-ring (bicyclic) bond motifs is 2. The third-order valence-corrected chi connectivity index (χ3v) is 6.11. The first-order valence-electron chi connectivity index (χ1n) is 13.3. The second kappa shape index (κ2) is 13.0. The number of carbonyl (C=O) groups excluding carboxylic acids is 2. The highest BCUT2D eigenvalue weighted by Crippen LogP contribution is 2.44. The zero-order valence-electron chi connectivity index (χ0n) is 23.8. The van der Waals surface area contributed by atoms with E-state index < -0.39 is 24.1 Å². The van der Waals surface area contributed by atoms with Gasteiger partial charge >= 0.3 is 11.9 Å². The van der Waals surface area contributed by atoms with Gasteiger partial charge in [-0.2, -0.15) is 0 Å². The van der Waals surface area contributed by atoms with Gasteiger partial charge in [-0.1, -0.05) is 55.6 Å². The molecule has 0 saturated carbocycles. The molecule has 0 N–H and O–H groups in total. The van der Waals surface area contributed by atoms with Gasteiger partial charge in [0.15, 0.2) is 0 Å². The quantitative estimate of drug-likeness (QED) is 0.102. The van der Waals surface area contributed by atoms with Gasteiger partial charge < -0.3 is 23.7 Å². The standard InChI is InChI=1S/C34H34O7/c1-21(2)33(35)39-23(5)19-37-31-27-14-10-11-15-28(27)32(38-20-24(6)40-34(36)22(3)4)30-18-26(16-17-29(30)31)41-25-12-8-7-9-13-25/h7-18,23-24H,1,3,19-20H2,2,4-6H3. The van der Waals surface area contributed by atoms with Crippen molar-refractivity contribution in [3.63, 3.8) is 0 Å². The zero-order chi connectivity index (χ0) is 29.5. The molecule has 0 aliphatic rings. The van der Waals surface area contributed by atoms with Crippen LogP contribution in [0, 0.1) is 0 Å². The minimum absolute atomic E-state index is 0.121. The van der Waals surface area contributed by atoms with Crippen molar-refractivity contribution in [2.24, 2.45) is 0 Å². The van der Waals surface area contributed by atoms with Crippen LogP contribution in [0.15, 0.2) is 97.1 Å². The van der Waals surface area contributed by atoms with Crippen LogP contribution in [0.3, 0.4) is 0 Å². The lowest BCUT2D eigenvalue weighted by atomic mass is 10.00. The first-order chi connectivity index (χ1) is 19.6. The summed E-state index contributed by atoms with van der Waals surface area (Å²) in [5.74, 6) is 1.58. The number of hydrogen-bond donors (Lipinski definition) is 0. The number of rotatable bonds is 12. The monoisotopic (exact) mass is 554 g/mol. The van der Waals surface area contributed by atoms with E-state index in [4.69, 9.17) is 23.7 Å². The molecule has 2 atom stereocenters. The van der Waals surface area contributed by atoms with Gasteiger partial charge in [-0.05, 0) is 58.0 Å². The summed E-state index contributed by atoms with van der Waals surface area (Å²) >= 11 is 0. The number of hydrogen-bond acceptors (Lipinski definition) is 7. The highest BCUT2D eigenvalue weighted by atomic mass is 16.6. The smallest absolute Gasteiger partial charge is 0.333 e. The van der Waals surface area contributed by atoms with Gasteiger partial charge in [0.05, 0.1) is 0 Å². The van der Waals surface area contributed by atoms with E-state index in [1.165, 1.54) is 0 Å². The van der Waals surface area contributed by atoms with Crippen molar-refractivity contribution in [3.05, 3.63) is 97.1 Å². The lowest BCUT2D eigenvalue weighted by Gasteiger charge is -2.21. The lowest BCUT2D eigenvalue weighted by Crippen LogP contribution is -2.23. The van der Waals surface area contributed by atoms with E-state index in [1.807, 2.05) is 72.8 Å². The van der Waals surface area contributed by atoms with Crippen LogP contribution in [0.4, 0.5) is 0 Å². The molecule has 7 nitrogen and oxygen atoms in total. The molecule has 0 aliphatic carbocycles. The first-order valence-corrected chi connectivity index (χ1v) is 13.3. The number of benzene rings is 4. The first kappa shape index (κ1) is 29.2. The van der Waals surface area contributed by atoms with Crippen molar-refractivity contribution in [2.75, 3.05) is 13.2 Å². The fourth-order valence-electron chi connectivity index (χ4n) is 4.11. The average molecular weight is 555 g/mol. The molecular formula is C34H34O7. The summed E-state index contributed by atoms with van der Waals surface area (Å²) in [6.07, 6.45) is -1.02. The van der Waals surface area contributed by atoms with E-state index in [1.54, 1.807) is 27.7 Å². The fourth-order valence-corrected chi connectivity index (χ4v) is 4.11. The minimum atomic E-state index is -0.517. The number of carbonyl (C=O) groups is 2. The molecule has 0 heterocycles. The fraction of sp³-hybridized carbons (Fsp3) is 0.235. The number of esters is 2. The SMILES string of the molecule is C=C(C)C(=O)OC(C)COc1c2ccccc2c(OCC(C)OC(=O)C(=C)C)c2cc(Oc3ccccc3)ccc12. The molecule has 0 bridgehead atoms. The molecule has 7 heteroatoms. The summed E-state index contributed by atoms with van der Waals surface area (Å²) in [6.45, 7) is 14.3. The Bertz CT molecular complexity index is 1590. The highest BCUT2D eigenvalue weighted by molar-refractivity contribution is 6.11. The summed E-state index contributed by atoms with van der Waals surface area (Å²) < 4.78 is 29.6. The predicted molar refractivity (Wildman–Crippen MR) is 160 cm³/mol. The van der Waals surface area contributed by atoms with Gasteiger partial charge in [0.25, 0.3) is 0 Å². The Kier molecular flexibility index (Phi) is 9.30. The van der Waals surface area contributed by atoms with Crippen LogP contribution in [-0.4, -0.2) is 37.4 Å². The van der Waals surface area contributed by atoms with E-state index in [0.717, 1.165) is 21.5 Å². The Balaban J connectivity index is 1.76. The average Bonchev–Trinajstić information content (AvgIpc) is 2.95. The Hall–Kier alpha value is -4.78. The predicted octanol–water partition coefficient (Wildman–Crippen LogP) is 7.56. The van der Waals surface area contributed by atoms with E-state index in [2.05, 4.69) is 13.2 Å². The van der Waals surface area contributed by atoms with E-state index in [0.29, 0.717) is 34.1 Å². The third kappa shape index (κ3) is 7.25. The van der Waals surface area contributed by atoms with Gasteiger partial charge in [0.1, 0.15) is 48.4 Å². The molecular weight excluding hydrogens is 520 g/mol. The molecule has 0 saturated heterocycles. The van der Waals surface area contributed by atoms with Crippen LogP contribution in [-0.2, 0) is 19.1 Å². The minimum Gasteiger partial charge on any atom is -0.488 e. The summed E-state index contributed by atoms with van der Waals surface area (Å²) in [6, 6.07) is 22.9. The molecule has 4 rings (SSSR count). The summed E-state index contributed by atoms with van der Waals surface area (Å²) in [7, 11) is 0. The van der Waals surface area contributed by atoms with Gasteiger partial charge in [0.2, 0.25) is 0 Å². The summed E-state index contributed by atoms with van der Waals surface area (Å²) in [5, 5.41) is 3.15. The topological polar surface area (TPSA) is 80.3 Å². The van der Waals surface area contributed by atoms with Crippen molar-refractivity contribution < 1.29 is 33.3 Å². The Morgan fingerprint density at radius 2 is 1.10 bits per heavy atom. The van der Waals surface area contributed by atoms with Gasteiger partial charge in [-0.3, -0.25) is 0 Å². The molecule has 41 heavy (non-hydrogen) atoms. The molecule has 0 aliphatic heterocycles.